The molecule has 0 aliphatic rings. The second-order valence-corrected chi connectivity index (χ2v) is 6.37. The summed E-state index contributed by atoms with van der Waals surface area (Å²) in [4.78, 5) is 16.8. The maximum atomic E-state index is 12.3. The van der Waals surface area contributed by atoms with Gasteiger partial charge in [0, 0.05) is 11.8 Å². The molecule has 0 bridgehead atoms. The Morgan fingerprint density at radius 1 is 1.07 bits per heavy atom. The van der Waals surface area contributed by atoms with Gasteiger partial charge in [-0.05, 0) is 56.3 Å². The van der Waals surface area contributed by atoms with Crippen molar-refractivity contribution in [3.63, 3.8) is 0 Å². The Bertz CT molecular complexity index is 1100. The summed E-state index contributed by atoms with van der Waals surface area (Å²) in [6, 6.07) is 14.7. The minimum Gasteiger partial charge on any atom is -0.456 e. The molecule has 0 amide bonds. The van der Waals surface area contributed by atoms with Crippen molar-refractivity contribution in [1.82, 2.24) is 15.2 Å². The molecule has 134 valence electrons. The Balaban J connectivity index is 1.58. The molecule has 4 rings (SSSR count). The van der Waals surface area contributed by atoms with E-state index in [4.69, 9.17) is 9.15 Å². The molecule has 27 heavy (non-hydrogen) atoms. The van der Waals surface area contributed by atoms with E-state index in [0.717, 1.165) is 16.7 Å². The van der Waals surface area contributed by atoms with Gasteiger partial charge < -0.3 is 9.15 Å². The minimum atomic E-state index is -0.452. The molecular formula is C21H17N3O3. The molecule has 0 saturated carbocycles. The number of benzene rings is 2. The molecule has 0 N–H and O–H groups in total. The first-order valence-corrected chi connectivity index (χ1v) is 8.51. The van der Waals surface area contributed by atoms with Gasteiger partial charge in [-0.1, -0.05) is 17.2 Å². The number of rotatable bonds is 4. The zero-order valence-electron chi connectivity index (χ0n) is 15.0. The Morgan fingerprint density at radius 2 is 1.89 bits per heavy atom. The SMILES string of the molecule is Cc1cc(C)cc(-c2nc3ccc(C(=O)OCc4cccnn4)cc3o2)c1. The third kappa shape index (κ3) is 3.69. The third-order valence-corrected chi connectivity index (χ3v) is 4.07. The van der Waals surface area contributed by atoms with E-state index >= 15 is 0 Å². The van der Waals surface area contributed by atoms with Gasteiger partial charge in [0.15, 0.2) is 5.58 Å². The zero-order chi connectivity index (χ0) is 18.8. The lowest BCUT2D eigenvalue weighted by Crippen LogP contribution is -2.06. The number of fused-ring (bicyclic) bond motifs is 1. The largest absolute Gasteiger partial charge is 0.456 e. The Hall–Kier alpha value is -3.54. The summed E-state index contributed by atoms with van der Waals surface area (Å²) >= 11 is 0. The van der Waals surface area contributed by atoms with Gasteiger partial charge >= 0.3 is 5.97 Å². The third-order valence-electron chi connectivity index (χ3n) is 4.07. The molecule has 0 radical (unpaired) electrons. The first-order valence-electron chi connectivity index (χ1n) is 8.51. The standard InChI is InChI=1S/C21H17N3O3/c1-13-8-14(2)10-16(9-13)20-23-18-6-5-15(11-19(18)27-20)21(25)26-12-17-4-3-7-22-24-17/h3-11H,12H2,1-2H3. The maximum Gasteiger partial charge on any atom is 0.338 e. The highest BCUT2D eigenvalue weighted by Gasteiger charge is 2.14. The molecule has 0 saturated heterocycles. The van der Waals surface area contributed by atoms with E-state index in [2.05, 4.69) is 21.2 Å². The van der Waals surface area contributed by atoms with Gasteiger partial charge in [0.05, 0.1) is 5.56 Å². The van der Waals surface area contributed by atoms with Crippen LogP contribution >= 0.6 is 0 Å². The van der Waals surface area contributed by atoms with Gasteiger partial charge in [0.2, 0.25) is 5.89 Å². The summed E-state index contributed by atoms with van der Waals surface area (Å²) < 4.78 is 11.2. The minimum absolute atomic E-state index is 0.0644. The van der Waals surface area contributed by atoms with Crippen LogP contribution in [0.3, 0.4) is 0 Å². The predicted molar refractivity (Wildman–Crippen MR) is 100 cm³/mol. The molecule has 6 nitrogen and oxygen atoms in total. The second-order valence-electron chi connectivity index (χ2n) is 6.37. The molecule has 2 aromatic carbocycles. The van der Waals surface area contributed by atoms with Crippen LogP contribution in [-0.2, 0) is 11.3 Å². The lowest BCUT2D eigenvalue weighted by Gasteiger charge is -2.03. The molecular weight excluding hydrogens is 342 g/mol. The fourth-order valence-corrected chi connectivity index (χ4v) is 2.91. The van der Waals surface area contributed by atoms with Gasteiger partial charge in [-0.2, -0.15) is 10.2 Å². The van der Waals surface area contributed by atoms with Crippen LogP contribution < -0.4 is 0 Å². The van der Waals surface area contributed by atoms with E-state index in [1.54, 1.807) is 36.5 Å². The average Bonchev–Trinajstić information content (AvgIpc) is 3.09. The highest BCUT2D eigenvalue weighted by atomic mass is 16.5. The van der Waals surface area contributed by atoms with Crippen molar-refractivity contribution in [2.45, 2.75) is 20.5 Å². The molecule has 0 aliphatic heterocycles. The molecule has 4 aromatic rings. The van der Waals surface area contributed by atoms with Crippen molar-refractivity contribution in [2.75, 3.05) is 0 Å². The van der Waals surface area contributed by atoms with E-state index in [1.807, 2.05) is 26.0 Å². The topological polar surface area (TPSA) is 78.1 Å². The number of nitrogens with zero attached hydrogens (tertiary/aromatic N) is 3. The molecule has 0 unspecified atom stereocenters. The number of hydrogen-bond donors (Lipinski definition) is 0. The van der Waals surface area contributed by atoms with E-state index in [0.29, 0.717) is 28.2 Å². The Kier molecular flexibility index (Phi) is 4.38. The highest BCUT2D eigenvalue weighted by molar-refractivity contribution is 5.93. The Labute approximate surface area is 155 Å². The fraction of sp³-hybridized carbons (Fsp3) is 0.143. The zero-order valence-corrected chi connectivity index (χ0v) is 15.0. The smallest absolute Gasteiger partial charge is 0.338 e. The van der Waals surface area contributed by atoms with Crippen LogP contribution in [0.5, 0.6) is 0 Å². The molecule has 0 fully saturated rings. The summed E-state index contributed by atoms with van der Waals surface area (Å²) in [5.41, 5.74) is 5.41. The monoisotopic (exact) mass is 359 g/mol. The van der Waals surface area contributed by atoms with Crippen molar-refractivity contribution in [2.24, 2.45) is 0 Å². The van der Waals surface area contributed by atoms with Crippen LogP contribution in [0.15, 0.2) is 59.1 Å². The number of hydrogen-bond acceptors (Lipinski definition) is 6. The van der Waals surface area contributed by atoms with E-state index in [1.165, 1.54) is 0 Å². The first-order chi connectivity index (χ1) is 13.1. The van der Waals surface area contributed by atoms with Crippen molar-refractivity contribution in [3.05, 3.63) is 77.1 Å². The summed E-state index contributed by atoms with van der Waals surface area (Å²) in [5, 5.41) is 7.65. The molecule has 6 heteroatoms. The average molecular weight is 359 g/mol. The summed E-state index contributed by atoms with van der Waals surface area (Å²) in [6.45, 7) is 4.13. The molecule has 0 spiro atoms. The maximum absolute atomic E-state index is 12.3. The number of aromatic nitrogens is 3. The van der Waals surface area contributed by atoms with Crippen LogP contribution in [0, 0.1) is 13.8 Å². The first kappa shape index (κ1) is 16.9. The predicted octanol–water partition coefficient (Wildman–Crippen LogP) is 4.26. The van der Waals surface area contributed by atoms with Crippen molar-refractivity contribution < 1.29 is 13.9 Å². The van der Waals surface area contributed by atoms with Crippen LogP contribution in [0.1, 0.15) is 27.2 Å². The van der Waals surface area contributed by atoms with Crippen LogP contribution in [-0.4, -0.2) is 21.2 Å². The van der Waals surface area contributed by atoms with E-state index < -0.39 is 5.97 Å². The van der Waals surface area contributed by atoms with Crippen molar-refractivity contribution >= 4 is 17.1 Å². The highest BCUT2D eigenvalue weighted by Crippen LogP contribution is 2.26. The number of ether oxygens (including phenoxy) is 1. The molecule has 0 atom stereocenters. The summed E-state index contributed by atoms with van der Waals surface area (Å²) in [6.07, 6.45) is 1.57. The number of oxazole rings is 1. The van der Waals surface area contributed by atoms with Crippen LogP contribution in [0.2, 0.25) is 0 Å². The van der Waals surface area contributed by atoms with Gasteiger partial charge in [-0.15, -0.1) is 0 Å². The van der Waals surface area contributed by atoms with Crippen LogP contribution in [0.4, 0.5) is 0 Å². The van der Waals surface area contributed by atoms with E-state index in [9.17, 15) is 4.79 Å². The Morgan fingerprint density at radius 3 is 2.63 bits per heavy atom. The van der Waals surface area contributed by atoms with Gasteiger partial charge in [-0.3, -0.25) is 0 Å². The van der Waals surface area contributed by atoms with E-state index in [-0.39, 0.29) is 6.61 Å². The quantitative estimate of drug-likeness (QED) is 0.507. The van der Waals surface area contributed by atoms with Crippen molar-refractivity contribution in [3.8, 4) is 11.5 Å². The normalized spacial score (nSPS) is 10.9. The number of carbonyl (C=O) groups excluding carboxylic acids is 1. The number of aryl methyl sites for hydroxylation is 2. The lowest BCUT2D eigenvalue weighted by atomic mass is 10.1. The lowest BCUT2D eigenvalue weighted by molar-refractivity contribution is 0.0467. The summed E-state index contributed by atoms with van der Waals surface area (Å²) in [7, 11) is 0. The van der Waals surface area contributed by atoms with Crippen molar-refractivity contribution in [1.29, 1.82) is 0 Å². The second kappa shape index (κ2) is 6.99. The molecule has 0 aliphatic carbocycles. The van der Waals surface area contributed by atoms with Gasteiger partial charge in [0.1, 0.15) is 17.8 Å². The molecule has 2 heterocycles. The number of esters is 1. The van der Waals surface area contributed by atoms with Gasteiger partial charge in [0.25, 0.3) is 0 Å². The van der Waals surface area contributed by atoms with Crippen LogP contribution in [0.25, 0.3) is 22.6 Å². The summed E-state index contributed by atoms with van der Waals surface area (Å²) in [5.74, 6) is 0.0776. The number of carbonyl (C=O) groups is 1. The fourth-order valence-electron chi connectivity index (χ4n) is 2.91. The molecule has 2 aromatic heterocycles. The van der Waals surface area contributed by atoms with Gasteiger partial charge in [-0.25, -0.2) is 9.78 Å².